The highest BCUT2D eigenvalue weighted by Gasteiger charge is 2.16. The molecular formula is C21H15BrCl2FN5O2. The van der Waals surface area contributed by atoms with Gasteiger partial charge in [-0.1, -0.05) is 45.2 Å². The number of benzene rings is 2. The molecule has 7 nitrogen and oxygen atoms in total. The van der Waals surface area contributed by atoms with Crippen LogP contribution < -0.4 is 10.1 Å². The largest absolute Gasteiger partial charge is 0.471 e. The van der Waals surface area contributed by atoms with Crippen molar-refractivity contribution in [2.75, 3.05) is 5.32 Å². The highest BCUT2D eigenvalue weighted by atomic mass is 79.9. The number of nitrogens with one attached hydrogen (secondary N) is 1. The van der Waals surface area contributed by atoms with Crippen LogP contribution in [0.5, 0.6) is 5.75 Å². The van der Waals surface area contributed by atoms with Gasteiger partial charge in [0.2, 0.25) is 0 Å². The van der Waals surface area contributed by atoms with Crippen LogP contribution in [0.4, 0.5) is 10.2 Å². The monoisotopic (exact) mass is 537 g/mol. The quantitative estimate of drug-likeness (QED) is 0.331. The molecule has 164 valence electrons. The Labute approximate surface area is 200 Å². The van der Waals surface area contributed by atoms with Crippen LogP contribution in [0.15, 0.2) is 65.4 Å². The molecule has 4 rings (SSSR count). The standard InChI is InChI=1S/C21H15BrCl2FN5O2/c22-13-4-6-14(7-5-13)32-12-29-9-8-19(27-29)21(31)26-20-17(24)11-30(28-20)10-15-16(23)2-1-3-18(15)25/h1-9,11H,10,12H2,(H,26,28,31). The summed E-state index contributed by atoms with van der Waals surface area (Å²) in [6.07, 6.45) is 3.10. The number of carbonyl (C=O) groups excluding carboxylic acids is 1. The summed E-state index contributed by atoms with van der Waals surface area (Å²) in [6, 6.07) is 13.3. The molecule has 0 aliphatic heterocycles. The lowest BCUT2D eigenvalue weighted by Gasteiger charge is -2.06. The van der Waals surface area contributed by atoms with Crippen molar-refractivity contribution in [2.45, 2.75) is 13.3 Å². The minimum absolute atomic E-state index is 0.0587. The van der Waals surface area contributed by atoms with Crippen LogP contribution in [0, 0.1) is 5.82 Å². The minimum Gasteiger partial charge on any atom is -0.471 e. The van der Waals surface area contributed by atoms with Crippen LogP contribution in [-0.2, 0) is 13.3 Å². The Morgan fingerprint density at radius 1 is 1.06 bits per heavy atom. The molecule has 2 aromatic carbocycles. The molecule has 11 heteroatoms. The van der Waals surface area contributed by atoms with Gasteiger partial charge in [0.15, 0.2) is 18.2 Å². The zero-order valence-electron chi connectivity index (χ0n) is 16.3. The second-order valence-corrected chi connectivity index (χ2v) is 8.38. The van der Waals surface area contributed by atoms with Gasteiger partial charge in [-0.25, -0.2) is 9.07 Å². The lowest BCUT2D eigenvalue weighted by molar-refractivity contribution is 0.101. The molecule has 1 N–H and O–H groups in total. The molecule has 0 radical (unpaired) electrons. The van der Waals surface area contributed by atoms with Gasteiger partial charge in [0.05, 0.1) is 6.54 Å². The first-order valence-electron chi connectivity index (χ1n) is 9.28. The molecule has 2 aromatic heterocycles. The SMILES string of the molecule is O=C(Nc1nn(Cc2c(F)cccc2Cl)cc1Cl)c1ccn(COc2ccc(Br)cc2)n1. The van der Waals surface area contributed by atoms with Crippen molar-refractivity contribution in [3.63, 3.8) is 0 Å². The Kier molecular flexibility index (Phi) is 6.78. The fraction of sp³-hybridized carbons (Fsp3) is 0.0952. The van der Waals surface area contributed by atoms with Crippen molar-refractivity contribution in [2.24, 2.45) is 0 Å². The van der Waals surface area contributed by atoms with Crippen LogP contribution in [0.2, 0.25) is 10.0 Å². The molecule has 0 spiro atoms. The number of ether oxygens (including phenoxy) is 1. The summed E-state index contributed by atoms with van der Waals surface area (Å²) in [7, 11) is 0. The zero-order chi connectivity index (χ0) is 22.7. The predicted octanol–water partition coefficient (Wildman–Crippen LogP) is 5.63. The Balaban J connectivity index is 1.39. The smallest absolute Gasteiger partial charge is 0.277 e. The first-order valence-corrected chi connectivity index (χ1v) is 10.8. The Morgan fingerprint density at radius 3 is 2.59 bits per heavy atom. The average Bonchev–Trinajstić information content (AvgIpc) is 3.37. The zero-order valence-corrected chi connectivity index (χ0v) is 19.4. The third-order valence-corrected chi connectivity index (χ3v) is 5.54. The minimum atomic E-state index is -0.497. The van der Waals surface area contributed by atoms with Gasteiger partial charge in [0.25, 0.3) is 5.91 Å². The molecule has 4 aromatic rings. The highest BCUT2D eigenvalue weighted by Crippen LogP contribution is 2.24. The topological polar surface area (TPSA) is 74.0 Å². The Morgan fingerprint density at radius 2 is 1.84 bits per heavy atom. The molecule has 0 saturated carbocycles. The summed E-state index contributed by atoms with van der Waals surface area (Å²) in [4.78, 5) is 12.5. The maximum Gasteiger partial charge on any atom is 0.277 e. The molecule has 2 heterocycles. The van der Waals surface area contributed by atoms with Crippen molar-refractivity contribution in [1.82, 2.24) is 19.6 Å². The van der Waals surface area contributed by atoms with Crippen LogP contribution >= 0.6 is 39.1 Å². The molecule has 1 amide bonds. The van der Waals surface area contributed by atoms with E-state index in [1.54, 1.807) is 18.3 Å². The first kappa shape index (κ1) is 22.3. The second-order valence-electron chi connectivity index (χ2n) is 6.65. The maximum atomic E-state index is 14.0. The molecule has 0 aliphatic carbocycles. The summed E-state index contributed by atoms with van der Waals surface area (Å²) in [5.41, 5.74) is 0.433. The normalized spacial score (nSPS) is 10.9. The average molecular weight is 539 g/mol. The lowest BCUT2D eigenvalue weighted by atomic mass is 10.2. The Bertz CT molecular complexity index is 1240. The van der Waals surface area contributed by atoms with E-state index in [4.69, 9.17) is 27.9 Å². The van der Waals surface area contributed by atoms with Crippen molar-refractivity contribution in [3.8, 4) is 5.75 Å². The molecule has 32 heavy (non-hydrogen) atoms. The summed E-state index contributed by atoms with van der Waals surface area (Å²) in [5, 5.41) is 11.5. The van der Waals surface area contributed by atoms with Gasteiger partial charge in [-0.3, -0.25) is 9.48 Å². The molecule has 0 atom stereocenters. The van der Waals surface area contributed by atoms with Gasteiger partial charge < -0.3 is 10.1 Å². The fourth-order valence-electron chi connectivity index (χ4n) is 2.81. The molecule has 0 saturated heterocycles. The van der Waals surface area contributed by atoms with Crippen LogP contribution in [0.1, 0.15) is 16.1 Å². The second kappa shape index (κ2) is 9.72. The highest BCUT2D eigenvalue weighted by molar-refractivity contribution is 9.10. The van der Waals surface area contributed by atoms with Gasteiger partial charge in [-0.2, -0.15) is 10.2 Å². The number of carbonyl (C=O) groups is 1. The molecule has 0 aliphatic rings. The van der Waals surface area contributed by atoms with Gasteiger partial charge in [-0.15, -0.1) is 0 Å². The maximum absolute atomic E-state index is 14.0. The van der Waals surface area contributed by atoms with E-state index in [2.05, 4.69) is 31.4 Å². The number of amides is 1. The first-order chi connectivity index (χ1) is 15.4. The molecular weight excluding hydrogens is 524 g/mol. The van der Waals surface area contributed by atoms with Crippen LogP contribution in [0.25, 0.3) is 0 Å². The van der Waals surface area contributed by atoms with Crippen molar-refractivity contribution in [1.29, 1.82) is 0 Å². The number of anilines is 1. The van der Waals surface area contributed by atoms with Gasteiger partial charge in [-0.05, 0) is 42.5 Å². The predicted molar refractivity (Wildman–Crippen MR) is 123 cm³/mol. The Hall–Kier alpha value is -2.88. The van der Waals surface area contributed by atoms with Crippen molar-refractivity contribution >= 4 is 50.9 Å². The summed E-state index contributed by atoms with van der Waals surface area (Å²) in [6.45, 7) is 0.191. The van der Waals surface area contributed by atoms with E-state index in [-0.39, 0.29) is 40.4 Å². The van der Waals surface area contributed by atoms with E-state index >= 15 is 0 Å². The fourth-order valence-corrected chi connectivity index (χ4v) is 3.49. The van der Waals surface area contributed by atoms with Gasteiger partial charge in [0.1, 0.15) is 16.6 Å². The number of rotatable bonds is 7. The number of aromatic nitrogens is 4. The van der Waals surface area contributed by atoms with Gasteiger partial charge in [0, 0.05) is 27.5 Å². The summed E-state index contributed by atoms with van der Waals surface area (Å²) >= 11 is 15.6. The summed E-state index contributed by atoms with van der Waals surface area (Å²) in [5.74, 6) is -0.152. The van der Waals surface area contributed by atoms with E-state index in [0.29, 0.717) is 5.75 Å². The van der Waals surface area contributed by atoms with Crippen molar-refractivity contribution < 1.29 is 13.9 Å². The third kappa shape index (κ3) is 5.29. The molecule has 0 bridgehead atoms. The van der Waals surface area contributed by atoms with E-state index in [1.807, 2.05) is 24.3 Å². The number of hydrogen-bond acceptors (Lipinski definition) is 4. The van der Waals surface area contributed by atoms with E-state index in [1.165, 1.54) is 27.7 Å². The lowest BCUT2D eigenvalue weighted by Crippen LogP contribution is -2.15. The number of hydrogen-bond donors (Lipinski definition) is 1. The van der Waals surface area contributed by atoms with Crippen LogP contribution in [-0.4, -0.2) is 25.5 Å². The number of halogens is 4. The van der Waals surface area contributed by atoms with E-state index < -0.39 is 11.7 Å². The molecule has 0 unspecified atom stereocenters. The van der Waals surface area contributed by atoms with Crippen molar-refractivity contribution in [3.05, 3.63) is 92.5 Å². The van der Waals surface area contributed by atoms with Gasteiger partial charge >= 0.3 is 0 Å². The molecule has 0 fully saturated rings. The van der Waals surface area contributed by atoms with Crippen LogP contribution in [0.3, 0.4) is 0 Å². The number of nitrogens with zero attached hydrogens (tertiary/aromatic N) is 4. The van der Waals surface area contributed by atoms with E-state index in [9.17, 15) is 9.18 Å². The third-order valence-electron chi connectivity index (χ3n) is 4.38. The van der Waals surface area contributed by atoms with E-state index in [0.717, 1.165) is 4.47 Å². The summed E-state index contributed by atoms with van der Waals surface area (Å²) < 4.78 is 23.5.